The summed E-state index contributed by atoms with van der Waals surface area (Å²) in [5, 5.41) is 12.6. The van der Waals surface area contributed by atoms with E-state index in [1.165, 1.54) is 32.2 Å². The van der Waals surface area contributed by atoms with Gasteiger partial charge in [0.2, 0.25) is 5.95 Å². The number of anilines is 1. The number of nitrogens with two attached hydrogens (primary N) is 1. The Hall–Kier alpha value is -0.750. The highest BCUT2D eigenvalue weighted by Gasteiger charge is 2.15. The van der Waals surface area contributed by atoms with E-state index in [4.69, 9.17) is 5.73 Å². The molecule has 18 heavy (non-hydrogen) atoms. The fraction of sp³-hybridized carbons (Fsp3) is 0.833. The van der Waals surface area contributed by atoms with Gasteiger partial charge in [-0.15, -0.1) is 10.2 Å². The molecular weight excluding hydrogens is 246 g/mol. The van der Waals surface area contributed by atoms with Gasteiger partial charge in [-0.1, -0.05) is 18.2 Å². The van der Waals surface area contributed by atoms with Crippen molar-refractivity contribution in [3.63, 3.8) is 0 Å². The first-order valence-corrected chi connectivity index (χ1v) is 7.73. The van der Waals surface area contributed by atoms with Gasteiger partial charge in [-0.05, 0) is 39.7 Å². The third-order valence-electron chi connectivity index (χ3n) is 3.32. The number of rotatable bonds is 5. The Balaban J connectivity index is 1.82. The first-order valence-electron chi connectivity index (χ1n) is 6.75. The van der Waals surface area contributed by atoms with Crippen molar-refractivity contribution in [1.29, 1.82) is 0 Å². The normalized spacial score (nSPS) is 20.5. The van der Waals surface area contributed by atoms with Gasteiger partial charge in [0.05, 0.1) is 0 Å². The van der Waals surface area contributed by atoms with Gasteiger partial charge in [0, 0.05) is 17.8 Å². The summed E-state index contributed by atoms with van der Waals surface area (Å²) in [5.74, 6) is 1.59. The van der Waals surface area contributed by atoms with Crippen LogP contribution in [0.3, 0.4) is 0 Å². The summed E-state index contributed by atoms with van der Waals surface area (Å²) in [6.07, 6.45) is 5.18. The molecule has 2 heterocycles. The molecule has 0 bridgehead atoms. The van der Waals surface area contributed by atoms with E-state index >= 15 is 0 Å². The van der Waals surface area contributed by atoms with E-state index in [1.807, 2.05) is 4.57 Å². The molecule has 1 unspecified atom stereocenters. The monoisotopic (exact) mass is 269 g/mol. The molecule has 1 aliphatic rings. The fourth-order valence-electron chi connectivity index (χ4n) is 2.34. The van der Waals surface area contributed by atoms with Crippen LogP contribution in [0.15, 0.2) is 5.16 Å². The zero-order chi connectivity index (χ0) is 13.0. The standard InChI is InChI=1S/C12H23N5S/c1-9(2)17-11(13)15-16-12(17)18-8-6-10-5-3-4-7-14-10/h9-10,14H,3-8H2,1-2H3,(H2,13,15). The molecule has 1 saturated heterocycles. The molecule has 1 aromatic heterocycles. The minimum absolute atomic E-state index is 0.315. The van der Waals surface area contributed by atoms with Crippen LogP contribution in [0.5, 0.6) is 0 Å². The third-order valence-corrected chi connectivity index (χ3v) is 4.29. The van der Waals surface area contributed by atoms with Gasteiger partial charge in [0.1, 0.15) is 0 Å². The van der Waals surface area contributed by atoms with Crippen molar-refractivity contribution in [2.24, 2.45) is 0 Å². The van der Waals surface area contributed by atoms with E-state index in [2.05, 4.69) is 29.4 Å². The molecule has 1 aromatic rings. The zero-order valence-electron chi connectivity index (χ0n) is 11.2. The molecule has 0 amide bonds. The first-order chi connectivity index (χ1) is 8.68. The molecule has 5 nitrogen and oxygen atoms in total. The first kappa shape index (κ1) is 13.7. The Kier molecular flexibility index (Phi) is 4.88. The lowest BCUT2D eigenvalue weighted by Crippen LogP contribution is -2.34. The van der Waals surface area contributed by atoms with Crippen LogP contribution in [-0.4, -0.2) is 33.1 Å². The molecule has 0 saturated carbocycles. The number of nitrogen functional groups attached to an aromatic ring is 1. The summed E-state index contributed by atoms with van der Waals surface area (Å²) < 4.78 is 2.00. The number of hydrogen-bond donors (Lipinski definition) is 2. The molecular formula is C12H23N5S. The summed E-state index contributed by atoms with van der Waals surface area (Å²) in [7, 11) is 0. The molecule has 0 aliphatic carbocycles. The Labute approximate surface area is 113 Å². The molecule has 1 aliphatic heterocycles. The van der Waals surface area contributed by atoms with Crippen molar-refractivity contribution < 1.29 is 0 Å². The van der Waals surface area contributed by atoms with Crippen molar-refractivity contribution in [2.75, 3.05) is 18.0 Å². The SMILES string of the molecule is CC(C)n1c(N)nnc1SCCC1CCCCN1. The van der Waals surface area contributed by atoms with E-state index in [1.54, 1.807) is 11.8 Å². The van der Waals surface area contributed by atoms with Crippen LogP contribution < -0.4 is 11.1 Å². The minimum atomic E-state index is 0.315. The van der Waals surface area contributed by atoms with Crippen molar-refractivity contribution in [3.8, 4) is 0 Å². The van der Waals surface area contributed by atoms with Crippen LogP contribution in [0.2, 0.25) is 0 Å². The number of hydrogen-bond acceptors (Lipinski definition) is 5. The third kappa shape index (κ3) is 3.38. The van der Waals surface area contributed by atoms with E-state index in [0.717, 1.165) is 10.9 Å². The van der Waals surface area contributed by atoms with E-state index in [9.17, 15) is 0 Å². The molecule has 1 atom stereocenters. The molecule has 2 rings (SSSR count). The Morgan fingerprint density at radius 2 is 2.28 bits per heavy atom. The second-order valence-corrected chi connectivity index (χ2v) is 6.15. The Morgan fingerprint density at radius 1 is 1.44 bits per heavy atom. The average Bonchev–Trinajstić information content (AvgIpc) is 2.72. The molecule has 3 N–H and O–H groups in total. The van der Waals surface area contributed by atoms with Crippen LogP contribution in [0.25, 0.3) is 0 Å². The second kappa shape index (κ2) is 6.43. The van der Waals surface area contributed by atoms with Gasteiger partial charge in [-0.2, -0.15) is 0 Å². The number of nitrogens with zero attached hydrogens (tertiary/aromatic N) is 3. The van der Waals surface area contributed by atoms with E-state index in [-0.39, 0.29) is 0 Å². The van der Waals surface area contributed by atoms with Gasteiger partial charge < -0.3 is 11.1 Å². The Morgan fingerprint density at radius 3 is 2.94 bits per heavy atom. The molecule has 0 aromatic carbocycles. The van der Waals surface area contributed by atoms with Crippen LogP contribution in [0.1, 0.15) is 45.6 Å². The lowest BCUT2D eigenvalue weighted by Gasteiger charge is -2.23. The van der Waals surface area contributed by atoms with Gasteiger partial charge in [-0.25, -0.2) is 0 Å². The fourth-order valence-corrected chi connectivity index (χ4v) is 3.46. The minimum Gasteiger partial charge on any atom is -0.368 e. The van der Waals surface area contributed by atoms with Crippen molar-refractivity contribution in [2.45, 2.75) is 56.8 Å². The van der Waals surface area contributed by atoms with E-state index in [0.29, 0.717) is 18.0 Å². The van der Waals surface area contributed by atoms with Gasteiger partial charge >= 0.3 is 0 Å². The second-order valence-electron chi connectivity index (χ2n) is 5.09. The molecule has 102 valence electrons. The maximum Gasteiger partial charge on any atom is 0.222 e. The van der Waals surface area contributed by atoms with Gasteiger partial charge in [-0.3, -0.25) is 4.57 Å². The maximum absolute atomic E-state index is 5.82. The number of aromatic nitrogens is 3. The molecule has 6 heteroatoms. The van der Waals surface area contributed by atoms with Gasteiger partial charge in [0.15, 0.2) is 5.16 Å². The molecule has 1 fully saturated rings. The lowest BCUT2D eigenvalue weighted by molar-refractivity contribution is 0.394. The predicted octanol–water partition coefficient (Wildman–Crippen LogP) is 2.07. The van der Waals surface area contributed by atoms with Crippen LogP contribution in [-0.2, 0) is 0 Å². The maximum atomic E-state index is 5.82. The predicted molar refractivity (Wildman–Crippen MR) is 75.8 cm³/mol. The quantitative estimate of drug-likeness (QED) is 0.801. The lowest BCUT2D eigenvalue weighted by atomic mass is 10.0. The van der Waals surface area contributed by atoms with Gasteiger partial charge in [0.25, 0.3) is 0 Å². The highest BCUT2D eigenvalue weighted by atomic mass is 32.2. The summed E-state index contributed by atoms with van der Waals surface area (Å²) in [5.41, 5.74) is 5.82. The summed E-state index contributed by atoms with van der Waals surface area (Å²) >= 11 is 1.76. The molecule has 0 spiro atoms. The van der Waals surface area contributed by atoms with Crippen LogP contribution >= 0.6 is 11.8 Å². The number of nitrogens with one attached hydrogen (secondary N) is 1. The van der Waals surface area contributed by atoms with Crippen LogP contribution in [0, 0.1) is 0 Å². The number of thioether (sulfide) groups is 1. The number of piperidine rings is 1. The highest BCUT2D eigenvalue weighted by Crippen LogP contribution is 2.24. The zero-order valence-corrected chi connectivity index (χ0v) is 12.0. The summed E-state index contributed by atoms with van der Waals surface area (Å²) in [6.45, 7) is 5.38. The van der Waals surface area contributed by atoms with Crippen molar-refractivity contribution in [3.05, 3.63) is 0 Å². The smallest absolute Gasteiger partial charge is 0.222 e. The summed E-state index contributed by atoms with van der Waals surface area (Å²) in [4.78, 5) is 0. The largest absolute Gasteiger partial charge is 0.368 e. The van der Waals surface area contributed by atoms with Crippen molar-refractivity contribution in [1.82, 2.24) is 20.1 Å². The summed E-state index contributed by atoms with van der Waals surface area (Å²) in [6, 6.07) is 0.995. The molecule has 0 radical (unpaired) electrons. The van der Waals surface area contributed by atoms with Crippen LogP contribution in [0.4, 0.5) is 5.95 Å². The topological polar surface area (TPSA) is 68.8 Å². The Bertz CT molecular complexity index is 371. The average molecular weight is 269 g/mol. The van der Waals surface area contributed by atoms with Crippen molar-refractivity contribution >= 4 is 17.7 Å². The highest BCUT2D eigenvalue weighted by molar-refractivity contribution is 7.99. The van der Waals surface area contributed by atoms with E-state index < -0.39 is 0 Å².